The molecule has 0 N–H and O–H groups in total. The molecule has 0 bridgehead atoms. The summed E-state index contributed by atoms with van der Waals surface area (Å²) in [7, 11) is -3.93. The van der Waals surface area contributed by atoms with Crippen molar-refractivity contribution in [3.05, 3.63) is 42.0 Å². The SMILES string of the molecule is CC(C)C1=CC(=O)C(C)(Cl)C(Cl)C1=NS(=O)(=O)c1ccccc1. The summed E-state index contributed by atoms with van der Waals surface area (Å²) in [6.45, 7) is 5.14. The Morgan fingerprint density at radius 2 is 1.78 bits per heavy atom. The molecule has 2 unspecified atom stereocenters. The number of ketones is 1. The molecule has 0 amide bonds. The molecule has 23 heavy (non-hydrogen) atoms. The molecule has 0 radical (unpaired) electrons. The fraction of sp³-hybridized carbons (Fsp3) is 0.375. The minimum absolute atomic E-state index is 0.0626. The van der Waals surface area contributed by atoms with Crippen LogP contribution >= 0.6 is 23.2 Å². The van der Waals surface area contributed by atoms with Gasteiger partial charge in [-0.05, 0) is 36.6 Å². The van der Waals surface area contributed by atoms with Crippen molar-refractivity contribution in [1.29, 1.82) is 0 Å². The van der Waals surface area contributed by atoms with E-state index in [4.69, 9.17) is 23.2 Å². The van der Waals surface area contributed by atoms with Crippen LogP contribution in [0, 0.1) is 5.92 Å². The van der Waals surface area contributed by atoms with Gasteiger partial charge in [-0.3, -0.25) is 4.79 Å². The lowest BCUT2D eigenvalue weighted by molar-refractivity contribution is -0.116. The van der Waals surface area contributed by atoms with Crippen molar-refractivity contribution in [1.82, 2.24) is 0 Å². The Hall–Kier alpha value is -1.17. The number of hydrogen-bond acceptors (Lipinski definition) is 3. The summed E-state index contributed by atoms with van der Waals surface area (Å²) in [6.07, 6.45) is 1.34. The van der Waals surface area contributed by atoms with Crippen LogP contribution in [0.25, 0.3) is 0 Å². The Balaban J connectivity index is 2.63. The third-order valence-corrected chi connectivity index (χ3v) is 6.13. The Bertz CT molecular complexity index is 781. The molecule has 2 atom stereocenters. The van der Waals surface area contributed by atoms with E-state index in [2.05, 4.69) is 4.40 Å². The fourth-order valence-electron chi connectivity index (χ4n) is 2.22. The van der Waals surface area contributed by atoms with Crippen molar-refractivity contribution in [3.63, 3.8) is 0 Å². The molecular formula is C16H17Cl2NO3S. The van der Waals surface area contributed by atoms with Gasteiger partial charge in [0.1, 0.15) is 10.3 Å². The maximum atomic E-state index is 12.5. The van der Waals surface area contributed by atoms with Gasteiger partial charge in [0.25, 0.3) is 10.0 Å². The average Bonchev–Trinajstić information content (AvgIpc) is 2.49. The highest BCUT2D eigenvalue weighted by molar-refractivity contribution is 7.90. The molecule has 0 heterocycles. The van der Waals surface area contributed by atoms with Gasteiger partial charge in [0.2, 0.25) is 0 Å². The largest absolute Gasteiger partial charge is 0.293 e. The Labute approximate surface area is 146 Å². The summed E-state index contributed by atoms with van der Waals surface area (Å²) in [6, 6.07) is 7.84. The molecule has 1 aliphatic rings. The summed E-state index contributed by atoms with van der Waals surface area (Å²) < 4.78 is 28.9. The number of alkyl halides is 2. The molecule has 1 aromatic carbocycles. The highest BCUT2D eigenvalue weighted by Gasteiger charge is 2.46. The van der Waals surface area contributed by atoms with Crippen LogP contribution in [0.15, 0.2) is 51.3 Å². The van der Waals surface area contributed by atoms with Gasteiger partial charge in [-0.1, -0.05) is 32.0 Å². The van der Waals surface area contributed by atoms with Crippen LogP contribution in [-0.4, -0.2) is 30.2 Å². The number of halogens is 2. The Morgan fingerprint density at radius 1 is 1.22 bits per heavy atom. The van der Waals surface area contributed by atoms with Gasteiger partial charge in [-0.15, -0.1) is 23.2 Å². The van der Waals surface area contributed by atoms with E-state index in [-0.39, 0.29) is 22.3 Å². The number of rotatable bonds is 3. The number of nitrogens with zero attached hydrogens (tertiary/aromatic N) is 1. The van der Waals surface area contributed by atoms with Crippen molar-refractivity contribution in [2.24, 2.45) is 10.3 Å². The molecule has 0 aliphatic heterocycles. The van der Waals surface area contributed by atoms with E-state index in [1.165, 1.54) is 25.1 Å². The molecule has 2 rings (SSSR count). The molecule has 0 saturated carbocycles. The molecule has 0 fully saturated rings. The van der Waals surface area contributed by atoms with E-state index in [0.29, 0.717) is 5.57 Å². The summed E-state index contributed by atoms with van der Waals surface area (Å²) in [4.78, 5) is 10.8. The first-order valence-electron chi connectivity index (χ1n) is 7.06. The zero-order valence-electron chi connectivity index (χ0n) is 13.0. The van der Waals surface area contributed by atoms with E-state index in [1.807, 2.05) is 13.8 Å². The normalized spacial score (nSPS) is 27.4. The predicted octanol–water partition coefficient (Wildman–Crippen LogP) is 3.59. The number of hydrogen-bond donors (Lipinski definition) is 0. The van der Waals surface area contributed by atoms with Crippen LogP contribution in [-0.2, 0) is 14.8 Å². The Morgan fingerprint density at radius 3 is 2.30 bits per heavy atom. The van der Waals surface area contributed by atoms with Crippen molar-refractivity contribution in [3.8, 4) is 0 Å². The van der Waals surface area contributed by atoms with Crippen molar-refractivity contribution in [2.75, 3.05) is 0 Å². The molecule has 4 nitrogen and oxygen atoms in total. The number of carbonyl (C=O) groups is 1. The first-order valence-corrected chi connectivity index (χ1v) is 9.32. The lowest BCUT2D eigenvalue weighted by Crippen LogP contribution is -2.47. The van der Waals surface area contributed by atoms with Crippen LogP contribution < -0.4 is 0 Å². The number of benzene rings is 1. The molecule has 124 valence electrons. The molecule has 1 aliphatic carbocycles. The predicted molar refractivity (Wildman–Crippen MR) is 92.9 cm³/mol. The van der Waals surface area contributed by atoms with Gasteiger partial charge in [0, 0.05) is 0 Å². The van der Waals surface area contributed by atoms with Crippen molar-refractivity contribution >= 4 is 44.7 Å². The minimum atomic E-state index is -3.93. The summed E-state index contributed by atoms with van der Waals surface area (Å²) in [5, 5.41) is -1.03. The van der Waals surface area contributed by atoms with Gasteiger partial charge in [0.15, 0.2) is 5.78 Å². The molecule has 0 saturated heterocycles. The third kappa shape index (κ3) is 3.52. The highest BCUT2D eigenvalue weighted by Crippen LogP contribution is 2.36. The van der Waals surface area contributed by atoms with Gasteiger partial charge in [-0.25, -0.2) is 0 Å². The molecule has 0 aromatic heterocycles. The third-order valence-electron chi connectivity index (χ3n) is 3.66. The smallest absolute Gasteiger partial charge is 0.282 e. The molecule has 7 heteroatoms. The van der Waals surface area contributed by atoms with E-state index >= 15 is 0 Å². The Kier molecular flexibility index (Phi) is 5.04. The standard InChI is InChI=1S/C16H17Cl2NO3S/c1-10(2)12-9-13(20)16(3,18)15(17)14(12)19-23(21,22)11-7-5-4-6-8-11/h4-10,15H,1-3H3. The van der Waals surface area contributed by atoms with Crippen LogP contribution in [0.4, 0.5) is 0 Å². The maximum Gasteiger partial charge on any atom is 0.282 e. The number of sulfonamides is 1. The topological polar surface area (TPSA) is 63.6 Å². The van der Waals surface area contributed by atoms with Crippen molar-refractivity contribution < 1.29 is 13.2 Å². The second kappa shape index (κ2) is 6.38. The monoisotopic (exact) mass is 373 g/mol. The molecule has 0 spiro atoms. The maximum absolute atomic E-state index is 12.5. The van der Waals surface area contributed by atoms with E-state index in [1.54, 1.807) is 18.2 Å². The van der Waals surface area contributed by atoms with Gasteiger partial charge in [0.05, 0.1) is 10.6 Å². The average molecular weight is 374 g/mol. The minimum Gasteiger partial charge on any atom is -0.293 e. The lowest BCUT2D eigenvalue weighted by atomic mass is 9.82. The number of allylic oxidation sites excluding steroid dienone is 2. The van der Waals surface area contributed by atoms with Gasteiger partial charge < -0.3 is 0 Å². The fourth-order valence-corrected chi connectivity index (χ4v) is 3.79. The summed E-state index contributed by atoms with van der Waals surface area (Å²) >= 11 is 12.5. The zero-order chi connectivity index (χ0) is 17.4. The highest BCUT2D eigenvalue weighted by atomic mass is 35.5. The first kappa shape index (κ1) is 18.2. The van der Waals surface area contributed by atoms with E-state index < -0.39 is 20.3 Å². The zero-order valence-corrected chi connectivity index (χ0v) is 15.3. The lowest BCUT2D eigenvalue weighted by Gasteiger charge is -2.32. The second-order valence-corrected chi connectivity index (χ2v) is 8.65. The van der Waals surface area contributed by atoms with E-state index in [9.17, 15) is 13.2 Å². The second-order valence-electron chi connectivity index (χ2n) is 5.82. The van der Waals surface area contributed by atoms with Gasteiger partial charge >= 0.3 is 0 Å². The van der Waals surface area contributed by atoms with Crippen LogP contribution in [0.2, 0.25) is 0 Å². The summed E-state index contributed by atoms with van der Waals surface area (Å²) in [5.74, 6) is -0.461. The van der Waals surface area contributed by atoms with Crippen LogP contribution in [0.3, 0.4) is 0 Å². The van der Waals surface area contributed by atoms with E-state index in [0.717, 1.165) is 0 Å². The summed E-state index contributed by atoms with van der Waals surface area (Å²) in [5.41, 5.74) is 0.621. The number of carbonyl (C=O) groups excluding carboxylic acids is 1. The van der Waals surface area contributed by atoms with Crippen LogP contribution in [0.1, 0.15) is 20.8 Å². The molecule has 1 aromatic rings. The quantitative estimate of drug-likeness (QED) is 0.760. The van der Waals surface area contributed by atoms with Gasteiger partial charge in [-0.2, -0.15) is 12.8 Å². The van der Waals surface area contributed by atoms with Crippen molar-refractivity contribution in [2.45, 2.75) is 35.9 Å². The van der Waals surface area contributed by atoms with Crippen LogP contribution in [0.5, 0.6) is 0 Å². The molecular weight excluding hydrogens is 357 g/mol. The first-order chi connectivity index (χ1) is 10.6.